The highest BCUT2D eigenvalue weighted by Crippen LogP contribution is 2.60. The summed E-state index contributed by atoms with van der Waals surface area (Å²) in [5, 5.41) is 5.73. The number of methoxy groups -OCH3 is 1. The lowest BCUT2D eigenvalue weighted by atomic mass is 9.79. The molecule has 8 heteroatoms. The minimum Gasteiger partial charge on any atom is -0.497 e. The predicted octanol–water partition coefficient (Wildman–Crippen LogP) is 3.46. The lowest BCUT2D eigenvalue weighted by Crippen LogP contribution is -2.40. The molecule has 2 saturated carbocycles. The van der Waals surface area contributed by atoms with Crippen LogP contribution in [-0.4, -0.2) is 35.8 Å². The predicted molar refractivity (Wildman–Crippen MR) is 117 cm³/mol. The number of rotatable bonds is 5. The second-order valence-corrected chi connectivity index (χ2v) is 9.27. The Kier molecular flexibility index (Phi) is 4.97. The number of esters is 1. The SMILES string of the molecule is COc1cccc(NC(=O)c2ccc(NC(=O)[C@@H]3[C@H]4C[C@H]5[C@H](OC(=O)[C@@H]53)[C@H]4Br)cc2)c1. The van der Waals surface area contributed by atoms with Crippen molar-refractivity contribution in [1.29, 1.82) is 0 Å². The van der Waals surface area contributed by atoms with Crippen molar-refractivity contribution >= 4 is 45.1 Å². The molecule has 31 heavy (non-hydrogen) atoms. The third-order valence-electron chi connectivity index (χ3n) is 6.57. The van der Waals surface area contributed by atoms with Crippen molar-refractivity contribution in [2.75, 3.05) is 17.7 Å². The first-order valence-electron chi connectivity index (χ1n) is 10.2. The Morgan fingerprint density at radius 2 is 1.84 bits per heavy atom. The van der Waals surface area contributed by atoms with E-state index in [0.717, 1.165) is 6.42 Å². The molecule has 1 saturated heterocycles. The van der Waals surface area contributed by atoms with Crippen molar-refractivity contribution in [3.63, 3.8) is 0 Å². The summed E-state index contributed by atoms with van der Waals surface area (Å²) in [7, 11) is 1.57. The zero-order valence-electron chi connectivity index (χ0n) is 16.7. The molecule has 0 aromatic heterocycles. The Balaban J connectivity index is 1.25. The van der Waals surface area contributed by atoms with Crippen LogP contribution in [-0.2, 0) is 14.3 Å². The quantitative estimate of drug-likeness (QED) is 0.500. The van der Waals surface area contributed by atoms with Gasteiger partial charge in [-0.15, -0.1) is 0 Å². The van der Waals surface area contributed by atoms with Gasteiger partial charge in [0.05, 0.1) is 23.8 Å². The maximum atomic E-state index is 13.0. The second kappa shape index (κ2) is 7.67. The topological polar surface area (TPSA) is 93.7 Å². The van der Waals surface area contributed by atoms with Crippen LogP contribution in [0.25, 0.3) is 0 Å². The molecule has 6 atom stereocenters. The number of fused-ring (bicyclic) bond motifs is 1. The number of hydrogen-bond acceptors (Lipinski definition) is 5. The van der Waals surface area contributed by atoms with Gasteiger partial charge in [-0.3, -0.25) is 14.4 Å². The molecule has 2 amide bonds. The molecule has 5 rings (SSSR count). The van der Waals surface area contributed by atoms with Crippen molar-refractivity contribution in [1.82, 2.24) is 0 Å². The smallest absolute Gasteiger partial charge is 0.310 e. The number of anilines is 2. The average molecular weight is 485 g/mol. The van der Waals surface area contributed by atoms with Gasteiger partial charge in [0.1, 0.15) is 11.9 Å². The minimum atomic E-state index is -0.392. The van der Waals surface area contributed by atoms with E-state index in [2.05, 4.69) is 26.6 Å². The van der Waals surface area contributed by atoms with Crippen molar-refractivity contribution in [3.8, 4) is 5.75 Å². The van der Waals surface area contributed by atoms with Crippen molar-refractivity contribution in [2.24, 2.45) is 23.7 Å². The van der Waals surface area contributed by atoms with Crippen molar-refractivity contribution in [2.45, 2.75) is 17.4 Å². The van der Waals surface area contributed by atoms with Gasteiger partial charge in [-0.25, -0.2) is 0 Å². The molecule has 3 aliphatic rings. The number of alkyl halides is 1. The van der Waals surface area contributed by atoms with E-state index in [1.807, 2.05) is 0 Å². The number of nitrogens with one attached hydrogen (secondary N) is 2. The van der Waals surface area contributed by atoms with Crippen LogP contribution in [0.5, 0.6) is 5.75 Å². The Hall–Kier alpha value is -2.87. The highest BCUT2D eigenvalue weighted by atomic mass is 79.9. The van der Waals surface area contributed by atoms with E-state index in [1.54, 1.807) is 55.6 Å². The monoisotopic (exact) mass is 484 g/mol. The maximum absolute atomic E-state index is 13.0. The van der Waals surface area contributed by atoms with Gasteiger partial charge in [0.25, 0.3) is 5.91 Å². The first kappa shape index (κ1) is 20.1. The van der Waals surface area contributed by atoms with E-state index in [0.29, 0.717) is 22.7 Å². The van der Waals surface area contributed by atoms with Crippen LogP contribution in [0.4, 0.5) is 11.4 Å². The molecule has 2 N–H and O–H groups in total. The van der Waals surface area contributed by atoms with Gasteiger partial charge in [-0.05, 0) is 48.7 Å². The molecule has 3 fully saturated rings. The Labute approximate surface area is 187 Å². The number of hydrogen-bond donors (Lipinski definition) is 2. The fourth-order valence-corrected chi connectivity index (χ4v) is 6.21. The Bertz CT molecular complexity index is 1060. The summed E-state index contributed by atoms with van der Waals surface area (Å²) in [6.45, 7) is 0. The van der Waals surface area contributed by atoms with Crippen molar-refractivity contribution < 1.29 is 23.9 Å². The molecule has 1 aliphatic heterocycles. The van der Waals surface area contributed by atoms with Gasteiger partial charge in [0.15, 0.2) is 0 Å². The number of carbonyl (C=O) groups is 3. The van der Waals surface area contributed by atoms with E-state index in [4.69, 9.17) is 9.47 Å². The largest absolute Gasteiger partial charge is 0.497 e. The number of benzene rings is 2. The molecule has 0 spiro atoms. The summed E-state index contributed by atoms with van der Waals surface area (Å²) in [5.41, 5.74) is 1.67. The zero-order valence-corrected chi connectivity index (χ0v) is 18.3. The molecule has 160 valence electrons. The second-order valence-electron chi connectivity index (χ2n) is 8.21. The molecule has 1 heterocycles. The fourth-order valence-electron chi connectivity index (χ4n) is 5.17. The van der Waals surface area contributed by atoms with Gasteiger partial charge in [-0.2, -0.15) is 0 Å². The number of carbonyl (C=O) groups excluding carboxylic acids is 3. The van der Waals surface area contributed by atoms with Crippen LogP contribution in [0, 0.1) is 23.7 Å². The normalized spacial score (nSPS) is 30.1. The van der Waals surface area contributed by atoms with E-state index >= 15 is 0 Å². The third-order valence-corrected chi connectivity index (χ3v) is 7.77. The van der Waals surface area contributed by atoms with Gasteiger partial charge < -0.3 is 20.1 Å². The molecule has 2 aliphatic carbocycles. The molecule has 0 unspecified atom stereocenters. The lowest BCUT2D eigenvalue weighted by molar-refractivity contribution is -0.145. The lowest BCUT2D eigenvalue weighted by Gasteiger charge is -2.27. The summed E-state index contributed by atoms with van der Waals surface area (Å²) < 4.78 is 10.6. The standard InChI is InChI=1S/C23H21BrN2O5/c1-30-14-4-2-3-13(9-14)26-21(27)11-5-7-12(8-6-11)25-22(28)17-15-10-16-18(17)23(29)31-20(16)19(15)24/h2-9,15-20H,10H2,1H3,(H,25,28)(H,26,27)/t15-,16-,17-,18+,19+,20+/m1/s1. The summed E-state index contributed by atoms with van der Waals surface area (Å²) in [5.74, 6) is -0.564. The summed E-state index contributed by atoms with van der Waals surface area (Å²) in [4.78, 5) is 37.7. The molecular weight excluding hydrogens is 464 g/mol. The first-order chi connectivity index (χ1) is 15.0. The number of ether oxygens (including phenoxy) is 2. The molecular formula is C23H21BrN2O5. The van der Waals surface area contributed by atoms with Crippen LogP contribution in [0.15, 0.2) is 48.5 Å². The Morgan fingerprint density at radius 3 is 2.58 bits per heavy atom. The van der Waals surface area contributed by atoms with Crippen LogP contribution in [0.2, 0.25) is 0 Å². The summed E-state index contributed by atoms with van der Waals surface area (Å²) in [6.07, 6.45) is 0.729. The van der Waals surface area contributed by atoms with Crippen LogP contribution < -0.4 is 15.4 Å². The van der Waals surface area contributed by atoms with Gasteiger partial charge in [-0.1, -0.05) is 22.0 Å². The fraction of sp³-hybridized carbons (Fsp3) is 0.348. The average Bonchev–Trinajstić information content (AvgIpc) is 3.38. The number of halogens is 1. The molecule has 2 aromatic carbocycles. The molecule has 2 aromatic rings. The minimum absolute atomic E-state index is 0.0265. The number of amides is 2. The highest BCUT2D eigenvalue weighted by Gasteiger charge is 2.67. The zero-order chi connectivity index (χ0) is 21.7. The van der Waals surface area contributed by atoms with Crippen molar-refractivity contribution in [3.05, 3.63) is 54.1 Å². The van der Waals surface area contributed by atoms with Gasteiger partial charge in [0, 0.05) is 28.9 Å². The third kappa shape index (κ3) is 3.39. The van der Waals surface area contributed by atoms with E-state index in [9.17, 15) is 14.4 Å². The van der Waals surface area contributed by atoms with Crippen LogP contribution in [0.3, 0.4) is 0 Å². The van der Waals surface area contributed by atoms with Gasteiger partial charge in [0.2, 0.25) is 5.91 Å². The van der Waals surface area contributed by atoms with Gasteiger partial charge >= 0.3 is 5.97 Å². The van der Waals surface area contributed by atoms with E-state index < -0.39 is 5.92 Å². The van der Waals surface area contributed by atoms with Crippen LogP contribution in [0.1, 0.15) is 16.8 Å². The summed E-state index contributed by atoms with van der Waals surface area (Å²) in [6, 6.07) is 13.8. The summed E-state index contributed by atoms with van der Waals surface area (Å²) >= 11 is 3.62. The first-order valence-corrected chi connectivity index (χ1v) is 11.1. The molecule has 2 bridgehead atoms. The molecule has 0 radical (unpaired) electrons. The Morgan fingerprint density at radius 1 is 1.06 bits per heavy atom. The van der Waals surface area contributed by atoms with Crippen LogP contribution >= 0.6 is 15.9 Å². The maximum Gasteiger partial charge on any atom is 0.310 e. The highest BCUT2D eigenvalue weighted by molar-refractivity contribution is 9.09. The molecule has 7 nitrogen and oxygen atoms in total. The van der Waals surface area contributed by atoms with E-state index in [1.165, 1.54) is 0 Å². The van der Waals surface area contributed by atoms with E-state index in [-0.39, 0.29) is 46.5 Å².